The largest absolute Gasteiger partial charge is 0.481 e. The molecule has 98 valence electrons. The molecule has 1 aliphatic heterocycles. The van der Waals surface area contributed by atoms with E-state index in [9.17, 15) is 9.90 Å². The van der Waals surface area contributed by atoms with E-state index < -0.39 is 5.97 Å². The quantitative estimate of drug-likeness (QED) is 0.916. The average molecular weight is 272 g/mol. The summed E-state index contributed by atoms with van der Waals surface area (Å²) in [4.78, 5) is 11.3. The minimum Gasteiger partial charge on any atom is -0.481 e. The molecule has 0 aliphatic carbocycles. The highest BCUT2D eigenvalue weighted by atomic mass is 32.2. The Morgan fingerprint density at radius 2 is 2.00 bits per heavy atom. The van der Waals surface area contributed by atoms with Crippen LogP contribution in [-0.2, 0) is 9.54 Å². The summed E-state index contributed by atoms with van der Waals surface area (Å²) in [6, 6.07) is 14.5. The number of aliphatic carboxylic acids is 1. The van der Waals surface area contributed by atoms with Gasteiger partial charge < -0.3 is 5.11 Å². The zero-order chi connectivity index (χ0) is 13.3. The summed E-state index contributed by atoms with van der Waals surface area (Å²) in [5, 5.41) is 11.6. The second-order valence-electron chi connectivity index (χ2n) is 5.04. The molecule has 1 heterocycles. The molecule has 1 aliphatic rings. The number of carboxylic acids is 1. The van der Waals surface area contributed by atoms with Gasteiger partial charge in [0, 0.05) is 0 Å². The molecule has 19 heavy (non-hydrogen) atoms. The normalized spacial score (nSPS) is 22.7. The summed E-state index contributed by atoms with van der Waals surface area (Å²) >= 11 is 1.81. The molecule has 1 unspecified atom stereocenters. The Bertz CT molecular complexity index is 610. The van der Waals surface area contributed by atoms with Gasteiger partial charge in [0.25, 0.3) is 0 Å². The van der Waals surface area contributed by atoms with E-state index in [1.807, 2.05) is 18.2 Å². The average Bonchev–Trinajstić information content (AvgIpc) is 2.87. The summed E-state index contributed by atoms with van der Waals surface area (Å²) in [5.74, 6) is 0.346. The van der Waals surface area contributed by atoms with Crippen molar-refractivity contribution in [2.45, 2.75) is 24.0 Å². The first-order chi connectivity index (χ1) is 9.21. The van der Waals surface area contributed by atoms with Gasteiger partial charge in [0.2, 0.25) is 0 Å². The second kappa shape index (κ2) is 4.89. The highest BCUT2D eigenvalue weighted by Crippen LogP contribution is 2.50. The monoisotopic (exact) mass is 272 g/mol. The van der Waals surface area contributed by atoms with Gasteiger partial charge >= 0.3 is 5.97 Å². The summed E-state index contributed by atoms with van der Waals surface area (Å²) in [7, 11) is 0. The highest BCUT2D eigenvalue weighted by molar-refractivity contribution is 8.00. The van der Waals surface area contributed by atoms with E-state index in [2.05, 4.69) is 24.3 Å². The van der Waals surface area contributed by atoms with Gasteiger partial charge in [-0.3, -0.25) is 4.79 Å². The van der Waals surface area contributed by atoms with Crippen LogP contribution in [0.1, 0.15) is 24.8 Å². The third-order valence-corrected chi connectivity index (χ3v) is 5.43. The number of hydrogen-bond acceptors (Lipinski definition) is 2. The molecule has 1 fully saturated rings. The van der Waals surface area contributed by atoms with Crippen LogP contribution in [0.5, 0.6) is 0 Å². The molecule has 3 rings (SSSR count). The van der Waals surface area contributed by atoms with Crippen LogP contribution < -0.4 is 0 Å². The lowest BCUT2D eigenvalue weighted by atomic mass is 9.87. The smallest absolute Gasteiger partial charge is 0.305 e. The first-order valence-electron chi connectivity index (χ1n) is 6.55. The minimum absolute atomic E-state index is 0.214. The topological polar surface area (TPSA) is 37.3 Å². The number of rotatable bonds is 3. The first-order valence-corrected chi connectivity index (χ1v) is 7.54. The number of thioether (sulfide) groups is 1. The Labute approximate surface area is 116 Å². The van der Waals surface area contributed by atoms with Crippen molar-refractivity contribution in [1.29, 1.82) is 0 Å². The van der Waals surface area contributed by atoms with E-state index in [0.717, 1.165) is 18.6 Å². The van der Waals surface area contributed by atoms with E-state index in [-0.39, 0.29) is 11.2 Å². The lowest BCUT2D eigenvalue weighted by Gasteiger charge is -2.28. The van der Waals surface area contributed by atoms with Crippen LogP contribution in [0.2, 0.25) is 0 Å². The lowest BCUT2D eigenvalue weighted by Crippen LogP contribution is -2.23. The van der Waals surface area contributed by atoms with Crippen LogP contribution in [0, 0.1) is 0 Å². The van der Waals surface area contributed by atoms with Crippen molar-refractivity contribution in [1.82, 2.24) is 0 Å². The van der Waals surface area contributed by atoms with Crippen LogP contribution >= 0.6 is 11.8 Å². The molecule has 0 radical (unpaired) electrons. The van der Waals surface area contributed by atoms with Crippen LogP contribution in [0.25, 0.3) is 10.8 Å². The Kier molecular flexibility index (Phi) is 3.23. The Balaban J connectivity index is 2.18. The zero-order valence-electron chi connectivity index (χ0n) is 10.6. The van der Waals surface area contributed by atoms with Gasteiger partial charge in [-0.25, -0.2) is 0 Å². The van der Waals surface area contributed by atoms with E-state index in [1.54, 1.807) is 11.8 Å². The first kappa shape index (κ1) is 12.5. The van der Waals surface area contributed by atoms with Gasteiger partial charge in [-0.2, -0.15) is 0 Å². The fourth-order valence-electron chi connectivity index (χ4n) is 3.01. The minimum atomic E-state index is -0.706. The summed E-state index contributed by atoms with van der Waals surface area (Å²) in [6.45, 7) is 0. The van der Waals surface area contributed by atoms with Crippen molar-refractivity contribution >= 4 is 28.5 Å². The molecule has 1 atom stereocenters. The fourth-order valence-corrected chi connectivity index (χ4v) is 4.54. The Morgan fingerprint density at radius 3 is 2.74 bits per heavy atom. The van der Waals surface area contributed by atoms with Gasteiger partial charge in [0.05, 0.1) is 11.2 Å². The summed E-state index contributed by atoms with van der Waals surface area (Å²) in [6.07, 6.45) is 2.27. The van der Waals surface area contributed by atoms with Gasteiger partial charge in [0.1, 0.15) is 0 Å². The third-order valence-electron chi connectivity index (χ3n) is 3.82. The zero-order valence-corrected chi connectivity index (χ0v) is 11.5. The van der Waals surface area contributed by atoms with E-state index in [1.165, 1.54) is 16.3 Å². The van der Waals surface area contributed by atoms with Crippen molar-refractivity contribution in [2.24, 2.45) is 0 Å². The van der Waals surface area contributed by atoms with E-state index in [0.29, 0.717) is 0 Å². The number of carbonyl (C=O) groups is 1. The summed E-state index contributed by atoms with van der Waals surface area (Å²) in [5.41, 5.74) is 1.19. The summed E-state index contributed by atoms with van der Waals surface area (Å²) < 4.78 is -0.243. The van der Waals surface area contributed by atoms with Crippen molar-refractivity contribution in [3.63, 3.8) is 0 Å². The number of fused-ring (bicyclic) bond motifs is 1. The molecule has 0 spiro atoms. The molecule has 0 aromatic heterocycles. The standard InChI is InChI=1S/C16H16O2S/c17-15(18)11-16(9-4-10-19-16)14-8-3-6-12-5-1-2-7-13(12)14/h1-3,5-8H,4,9-11H2,(H,17,18). The van der Waals surface area contributed by atoms with Crippen LogP contribution in [-0.4, -0.2) is 16.8 Å². The molecule has 0 bridgehead atoms. The van der Waals surface area contributed by atoms with Gasteiger partial charge in [-0.1, -0.05) is 42.5 Å². The number of benzene rings is 2. The predicted octanol–water partition coefficient (Wildman–Crippen LogP) is 4.04. The lowest BCUT2D eigenvalue weighted by molar-refractivity contribution is -0.137. The Hall–Kier alpha value is -1.48. The predicted molar refractivity (Wildman–Crippen MR) is 79.6 cm³/mol. The van der Waals surface area contributed by atoms with Crippen LogP contribution in [0.15, 0.2) is 42.5 Å². The molecule has 0 amide bonds. The maximum atomic E-state index is 11.3. The molecule has 3 heteroatoms. The Morgan fingerprint density at radius 1 is 1.21 bits per heavy atom. The third kappa shape index (κ3) is 2.23. The highest BCUT2D eigenvalue weighted by Gasteiger charge is 2.39. The van der Waals surface area contributed by atoms with Crippen LogP contribution in [0.3, 0.4) is 0 Å². The molecule has 2 nitrogen and oxygen atoms in total. The SMILES string of the molecule is O=C(O)CC1(c2cccc3ccccc23)CCCS1. The molecule has 1 saturated heterocycles. The fraction of sp³-hybridized carbons (Fsp3) is 0.312. The molecule has 0 saturated carbocycles. The maximum absolute atomic E-state index is 11.3. The van der Waals surface area contributed by atoms with E-state index >= 15 is 0 Å². The molecule has 2 aromatic rings. The van der Waals surface area contributed by atoms with E-state index in [4.69, 9.17) is 0 Å². The van der Waals surface area contributed by atoms with Gasteiger partial charge in [-0.05, 0) is 34.9 Å². The molecular weight excluding hydrogens is 256 g/mol. The van der Waals surface area contributed by atoms with Crippen molar-refractivity contribution in [3.8, 4) is 0 Å². The van der Waals surface area contributed by atoms with Crippen molar-refractivity contribution in [2.75, 3.05) is 5.75 Å². The van der Waals surface area contributed by atoms with Crippen LogP contribution in [0.4, 0.5) is 0 Å². The second-order valence-corrected chi connectivity index (χ2v) is 6.52. The van der Waals surface area contributed by atoms with Crippen molar-refractivity contribution < 1.29 is 9.90 Å². The van der Waals surface area contributed by atoms with Gasteiger partial charge in [0.15, 0.2) is 0 Å². The van der Waals surface area contributed by atoms with Gasteiger partial charge in [-0.15, -0.1) is 11.8 Å². The molecule has 1 N–H and O–H groups in total. The van der Waals surface area contributed by atoms with Crippen molar-refractivity contribution in [3.05, 3.63) is 48.0 Å². The molecule has 2 aromatic carbocycles. The number of hydrogen-bond donors (Lipinski definition) is 1. The molecular formula is C16H16O2S. The number of carboxylic acid groups (broad SMARTS) is 1. The maximum Gasteiger partial charge on any atom is 0.305 e.